The van der Waals surface area contributed by atoms with Crippen LogP contribution in [0.25, 0.3) is 6.08 Å². The minimum atomic E-state index is -1.00. The van der Waals surface area contributed by atoms with Gasteiger partial charge in [-0.25, -0.2) is 14.5 Å². The van der Waals surface area contributed by atoms with Crippen molar-refractivity contribution in [1.29, 1.82) is 0 Å². The Morgan fingerprint density at radius 1 is 1.08 bits per heavy atom. The number of benzene rings is 3. The summed E-state index contributed by atoms with van der Waals surface area (Å²) in [5.41, 5.74) is 3.10. The number of halogens is 1. The van der Waals surface area contributed by atoms with Crippen LogP contribution in [-0.2, 0) is 22.6 Å². The Morgan fingerprint density at radius 3 is 2.47 bits per heavy atom. The van der Waals surface area contributed by atoms with Gasteiger partial charge in [0.2, 0.25) is 0 Å². The zero-order chi connectivity index (χ0) is 27.4. The van der Waals surface area contributed by atoms with Gasteiger partial charge in [0.05, 0.1) is 11.3 Å². The van der Waals surface area contributed by atoms with E-state index in [0.29, 0.717) is 22.8 Å². The molecule has 3 aromatic carbocycles. The minimum Gasteiger partial charge on any atom is -0.489 e. The van der Waals surface area contributed by atoms with Crippen LogP contribution in [0.2, 0.25) is 5.02 Å². The van der Waals surface area contributed by atoms with E-state index < -0.39 is 23.8 Å². The third kappa shape index (κ3) is 5.66. The van der Waals surface area contributed by atoms with Crippen LogP contribution in [0.15, 0.2) is 78.9 Å². The molecule has 0 aliphatic carbocycles. The molecule has 0 saturated carbocycles. The molecule has 1 aliphatic heterocycles. The van der Waals surface area contributed by atoms with Gasteiger partial charge >= 0.3 is 12.0 Å². The summed E-state index contributed by atoms with van der Waals surface area (Å²) in [5.74, 6) is -2.01. The number of amides is 4. The molecular weight excluding hydrogens is 508 g/mol. The molecule has 1 heterocycles. The van der Waals surface area contributed by atoms with Gasteiger partial charge in [-0.05, 0) is 78.1 Å². The Hall–Kier alpha value is -4.69. The van der Waals surface area contributed by atoms with Gasteiger partial charge in [0.25, 0.3) is 11.8 Å². The molecule has 4 amide bonds. The predicted molar refractivity (Wildman–Crippen MR) is 143 cm³/mol. The van der Waals surface area contributed by atoms with Crippen LogP contribution in [0.5, 0.6) is 5.75 Å². The van der Waals surface area contributed by atoms with Crippen molar-refractivity contribution in [2.24, 2.45) is 0 Å². The zero-order valence-corrected chi connectivity index (χ0v) is 21.1. The number of aromatic carboxylic acids is 1. The normalized spacial score (nSPS) is 14.4. The first kappa shape index (κ1) is 26.4. The van der Waals surface area contributed by atoms with Crippen molar-refractivity contribution in [2.75, 3.05) is 4.90 Å². The highest BCUT2D eigenvalue weighted by Gasteiger charge is 2.37. The second-order valence-electron chi connectivity index (χ2n) is 8.54. The van der Waals surface area contributed by atoms with Crippen LogP contribution in [0.4, 0.5) is 10.5 Å². The average molecular weight is 531 g/mol. The van der Waals surface area contributed by atoms with Crippen LogP contribution >= 0.6 is 11.6 Å². The number of carbonyl (C=O) groups excluding carboxylic acids is 3. The van der Waals surface area contributed by atoms with Crippen molar-refractivity contribution in [1.82, 2.24) is 5.32 Å². The first-order valence-electron chi connectivity index (χ1n) is 11.5. The van der Waals surface area contributed by atoms with Crippen LogP contribution in [-0.4, -0.2) is 28.9 Å². The van der Waals surface area contributed by atoms with Gasteiger partial charge in [0.1, 0.15) is 17.9 Å². The molecule has 38 heavy (non-hydrogen) atoms. The molecule has 0 unspecified atom stereocenters. The summed E-state index contributed by atoms with van der Waals surface area (Å²) >= 11 is 6.17. The summed E-state index contributed by atoms with van der Waals surface area (Å²) in [4.78, 5) is 50.2. The average Bonchev–Trinajstić information content (AvgIpc) is 2.88. The number of aryl methyl sites for hydroxylation is 1. The van der Waals surface area contributed by atoms with E-state index in [1.807, 2.05) is 0 Å². The summed E-state index contributed by atoms with van der Waals surface area (Å²) in [6.45, 7) is 5.78. The molecule has 2 N–H and O–H groups in total. The number of allylic oxidation sites excluding steroid dienone is 1. The van der Waals surface area contributed by atoms with Crippen LogP contribution in [0, 0.1) is 6.92 Å². The maximum absolute atomic E-state index is 13.2. The summed E-state index contributed by atoms with van der Waals surface area (Å²) in [7, 11) is 0. The van der Waals surface area contributed by atoms with E-state index in [4.69, 9.17) is 21.4 Å². The van der Waals surface area contributed by atoms with Crippen molar-refractivity contribution in [3.63, 3.8) is 0 Å². The zero-order valence-electron chi connectivity index (χ0n) is 20.4. The highest BCUT2D eigenvalue weighted by atomic mass is 35.5. The molecule has 9 heteroatoms. The number of imide groups is 2. The molecule has 3 aromatic rings. The molecule has 192 valence electrons. The number of barbiturate groups is 1. The molecule has 1 saturated heterocycles. The number of urea groups is 1. The maximum Gasteiger partial charge on any atom is 0.335 e. The van der Waals surface area contributed by atoms with Gasteiger partial charge < -0.3 is 9.84 Å². The Morgan fingerprint density at radius 2 is 1.82 bits per heavy atom. The van der Waals surface area contributed by atoms with E-state index >= 15 is 0 Å². The second kappa shape index (κ2) is 11.1. The summed E-state index contributed by atoms with van der Waals surface area (Å²) < 4.78 is 5.95. The maximum atomic E-state index is 13.2. The fraction of sp³-hybridized carbons (Fsp3) is 0.103. The first-order chi connectivity index (χ1) is 18.2. The van der Waals surface area contributed by atoms with E-state index in [1.54, 1.807) is 55.5 Å². The summed E-state index contributed by atoms with van der Waals surface area (Å²) in [5, 5.41) is 11.6. The summed E-state index contributed by atoms with van der Waals surface area (Å²) in [6, 6.07) is 15.4. The Labute approximate surface area is 223 Å². The predicted octanol–water partition coefficient (Wildman–Crippen LogP) is 5.32. The highest BCUT2D eigenvalue weighted by Crippen LogP contribution is 2.28. The Bertz CT molecular complexity index is 1490. The number of anilines is 1. The monoisotopic (exact) mass is 530 g/mol. The molecule has 0 aromatic heterocycles. The van der Waals surface area contributed by atoms with E-state index in [9.17, 15) is 19.2 Å². The molecule has 1 aliphatic rings. The number of hydrogen-bond acceptors (Lipinski definition) is 5. The topological polar surface area (TPSA) is 113 Å². The lowest BCUT2D eigenvalue weighted by Crippen LogP contribution is -2.54. The number of nitrogens with zero attached hydrogens (tertiary/aromatic N) is 1. The molecule has 0 radical (unpaired) electrons. The van der Waals surface area contributed by atoms with Gasteiger partial charge in [0, 0.05) is 5.02 Å². The number of carbonyl (C=O) groups is 4. The van der Waals surface area contributed by atoms with Gasteiger partial charge in [-0.3, -0.25) is 14.9 Å². The standard InChI is InChI=1S/C29H23ClN2O6/c1-3-4-21-13-19(8-12-25(21)38-16-18-6-9-20(10-7-18)28(35)36)14-23-26(33)31-29(37)32(27(23)34)22-11-5-17(2)24(30)15-22/h3,5-15H,1,4,16H2,2H3,(H,35,36)(H,31,33,37)/b23-14-. The lowest BCUT2D eigenvalue weighted by atomic mass is 10.0. The lowest BCUT2D eigenvalue weighted by Gasteiger charge is -2.26. The van der Waals surface area contributed by atoms with Crippen molar-refractivity contribution >= 4 is 47.2 Å². The second-order valence-corrected chi connectivity index (χ2v) is 8.95. The number of hydrogen-bond donors (Lipinski definition) is 2. The molecular formula is C29H23ClN2O6. The minimum absolute atomic E-state index is 0.186. The largest absolute Gasteiger partial charge is 0.489 e. The molecule has 0 bridgehead atoms. The molecule has 0 spiro atoms. The number of ether oxygens (including phenoxy) is 1. The van der Waals surface area contributed by atoms with Crippen molar-refractivity contribution < 1.29 is 29.0 Å². The van der Waals surface area contributed by atoms with Crippen LogP contribution in [0.3, 0.4) is 0 Å². The van der Waals surface area contributed by atoms with Gasteiger partial charge in [-0.15, -0.1) is 6.58 Å². The Balaban J connectivity index is 1.59. The van der Waals surface area contributed by atoms with Crippen LogP contribution in [0.1, 0.15) is 32.6 Å². The highest BCUT2D eigenvalue weighted by molar-refractivity contribution is 6.39. The number of carboxylic acid groups (broad SMARTS) is 1. The quantitative estimate of drug-likeness (QED) is 0.231. The van der Waals surface area contributed by atoms with E-state index in [1.165, 1.54) is 24.3 Å². The fourth-order valence-corrected chi connectivity index (χ4v) is 4.00. The third-order valence-electron chi connectivity index (χ3n) is 5.87. The molecule has 4 rings (SSSR count). The molecule has 0 atom stereocenters. The summed E-state index contributed by atoms with van der Waals surface area (Å²) in [6.07, 6.45) is 3.56. The first-order valence-corrected chi connectivity index (χ1v) is 11.9. The number of nitrogens with one attached hydrogen (secondary N) is 1. The fourth-order valence-electron chi connectivity index (χ4n) is 3.83. The van der Waals surface area contributed by atoms with E-state index in [0.717, 1.165) is 21.6 Å². The Kier molecular flexibility index (Phi) is 7.74. The third-order valence-corrected chi connectivity index (χ3v) is 6.28. The van der Waals surface area contributed by atoms with Gasteiger partial charge in [-0.1, -0.05) is 41.9 Å². The van der Waals surface area contributed by atoms with Crippen molar-refractivity contribution in [3.8, 4) is 5.75 Å². The number of carboxylic acids is 1. The smallest absolute Gasteiger partial charge is 0.335 e. The SMILES string of the molecule is C=CCc1cc(/C=C2/C(=O)NC(=O)N(c3ccc(C)c(Cl)c3)C2=O)ccc1OCc1ccc(C(=O)O)cc1. The van der Waals surface area contributed by atoms with E-state index in [-0.39, 0.29) is 23.4 Å². The molecule has 1 fully saturated rings. The lowest BCUT2D eigenvalue weighted by molar-refractivity contribution is -0.122. The van der Waals surface area contributed by atoms with Gasteiger partial charge in [0.15, 0.2) is 0 Å². The van der Waals surface area contributed by atoms with Crippen molar-refractivity contribution in [2.45, 2.75) is 20.0 Å². The molecule has 8 nitrogen and oxygen atoms in total. The van der Waals surface area contributed by atoms with E-state index in [2.05, 4.69) is 11.9 Å². The number of rotatable bonds is 8. The van der Waals surface area contributed by atoms with Crippen LogP contribution < -0.4 is 15.0 Å². The van der Waals surface area contributed by atoms with Crippen molar-refractivity contribution in [3.05, 3.63) is 112 Å². The van der Waals surface area contributed by atoms with Gasteiger partial charge in [-0.2, -0.15) is 0 Å².